The first kappa shape index (κ1) is 23.3. The maximum absolute atomic E-state index is 12.4. The third-order valence-corrected chi connectivity index (χ3v) is 5.24. The molecule has 0 radical (unpaired) electrons. The molecule has 2 amide bonds. The van der Waals surface area contributed by atoms with Crippen molar-refractivity contribution in [3.05, 3.63) is 42.0 Å². The number of hydrogen-bond acceptors (Lipinski definition) is 5. The number of benzene rings is 1. The molecule has 1 aliphatic rings. The summed E-state index contributed by atoms with van der Waals surface area (Å²) < 4.78 is 16.8. The zero-order valence-corrected chi connectivity index (χ0v) is 17.8. The molecule has 0 unspecified atom stereocenters. The Labute approximate surface area is 173 Å². The van der Waals surface area contributed by atoms with Crippen LogP contribution in [0.2, 0.25) is 0 Å². The van der Waals surface area contributed by atoms with E-state index in [2.05, 4.69) is 6.08 Å². The molecule has 0 bridgehead atoms. The molecule has 0 aliphatic carbocycles. The Bertz CT molecular complexity index is 641. The minimum absolute atomic E-state index is 0.0755. The van der Waals surface area contributed by atoms with Crippen molar-refractivity contribution in [3.63, 3.8) is 0 Å². The van der Waals surface area contributed by atoms with Crippen molar-refractivity contribution in [1.82, 2.24) is 4.90 Å². The van der Waals surface area contributed by atoms with Gasteiger partial charge in [-0.1, -0.05) is 24.3 Å². The van der Waals surface area contributed by atoms with Crippen LogP contribution < -0.4 is 4.90 Å². The van der Waals surface area contributed by atoms with Crippen LogP contribution in [0, 0.1) is 0 Å². The van der Waals surface area contributed by atoms with Crippen LogP contribution in [0.25, 0.3) is 0 Å². The van der Waals surface area contributed by atoms with Crippen molar-refractivity contribution in [3.8, 4) is 0 Å². The molecule has 162 valence electrons. The number of urea groups is 1. The molecule has 0 atom stereocenters. The average molecular weight is 407 g/mol. The summed E-state index contributed by atoms with van der Waals surface area (Å²) in [6.45, 7) is 3.06. The van der Waals surface area contributed by atoms with Crippen LogP contribution >= 0.6 is 0 Å². The van der Waals surface area contributed by atoms with Gasteiger partial charge in [0.1, 0.15) is 0 Å². The molecule has 29 heavy (non-hydrogen) atoms. The number of methoxy groups -OCH3 is 1. The number of amides is 2. The first-order valence-electron chi connectivity index (χ1n) is 10.1. The van der Waals surface area contributed by atoms with E-state index in [1.165, 1.54) is 0 Å². The van der Waals surface area contributed by atoms with E-state index in [1.807, 2.05) is 30.3 Å². The molecule has 7 nitrogen and oxygen atoms in total. The lowest BCUT2D eigenvalue weighted by molar-refractivity contribution is -0.0589. The first-order chi connectivity index (χ1) is 14.0. The maximum Gasteiger partial charge on any atom is 0.323 e. The molecular formula is C22H34N2O5. The molecule has 2 rings (SSSR count). The van der Waals surface area contributed by atoms with Crippen molar-refractivity contribution in [1.29, 1.82) is 0 Å². The predicted octanol–water partition coefficient (Wildman–Crippen LogP) is 2.83. The minimum Gasteiger partial charge on any atom is -0.396 e. The summed E-state index contributed by atoms with van der Waals surface area (Å²) in [7, 11) is 5.22. The van der Waals surface area contributed by atoms with Crippen LogP contribution in [0.5, 0.6) is 0 Å². The molecule has 1 N–H and O–H groups in total. The number of carbonyl (C=O) groups is 1. The summed E-state index contributed by atoms with van der Waals surface area (Å²) in [6, 6.07) is 7.65. The van der Waals surface area contributed by atoms with Crippen molar-refractivity contribution >= 4 is 11.7 Å². The number of ether oxygens (including phenoxy) is 3. The average Bonchev–Trinajstić information content (AvgIpc) is 2.77. The van der Waals surface area contributed by atoms with Gasteiger partial charge in [-0.3, -0.25) is 4.90 Å². The Morgan fingerprint density at radius 2 is 1.93 bits per heavy atom. The lowest BCUT2D eigenvalue weighted by atomic mass is 9.93. The van der Waals surface area contributed by atoms with Crippen molar-refractivity contribution < 1.29 is 24.1 Å². The van der Waals surface area contributed by atoms with Crippen molar-refractivity contribution in [2.75, 3.05) is 59.1 Å². The van der Waals surface area contributed by atoms with Gasteiger partial charge in [0.25, 0.3) is 0 Å². The van der Waals surface area contributed by atoms with Crippen LogP contribution in [0.4, 0.5) is 10.5 Å². The first-order valence-corrected chi connectivity index (χ1v) is 10.1. The number of rotatable bonds is 10. The van der Waals surface area contributed by atoms with E-state index >= 15 is 0 Å². The van der Waals surface area contributed by atoms with Gasteiger partial charge in [0.2, 0.25) is 0 Å². The van der Waals surface area contributed by atoms with E-state index in [9.17, 15) is 4.79 Å². The van der Waals surface area contributed by atoms with E-state index < -0.39 is 0 Å². The Hall–Kier alpha value is -1.93. The van der Waals surface area contributed by atoms with Gasteiger partial charge in [-0.25, -0.2) is 4.79 Å². The zero-order chi connectivity index (χ0) is 21.1. The zero-order valence-electron chi connectivity index (χ0n) is 17.8. The van der Waals surface area contributed by atoms with E-state index in [0.29, 0.717) is 26.2 Å². The maximum atomic E-state index is 12.4. The van der Waals surface area contributed by atoms with Gasteiger partial charge in [-0.05, 0) is 24.1 Å². The van der Waals surface area contributed by atoms with Gasteiger partial charge in [0, 0.05) is 66.1 Å². The fourth-order valence-corrected chi connectivity index (χ4v) is 3.25. The highest BCUT2D eigenvalue weighted by molar-refractivity contribution is 5.91. The lowest BCUT2D eigenvalue weighted by Crippen LogP contribution is -2.39. The summed E-state index contributed by atoms with van der Waals surface area (Å²) in [5.41, 5.74) is 1.63. The topological polar surface area (TPSA) is 71.5 Å². The Balaban J connectivity index is 1.78. The van der Waals surface area contributed by atoms with Crippen LogP contribution in [0.1, 0.15) is 24.8 Å². The van der Waals surface area contributed by atoms with Gasteiger partial charge >= 0.3 is 6.03 Å². The van der Waals surface area contributed by atoms with Gasteiger partial charge in [0.05, 0.1) is 18.8 Å². The van der Waals surface area contributed by atoms with Crippen LogP contribution in [0.15, 0.2) is 36.4 Å². The number of hydrogen-bond donors (Lipinski definition) is 1. The van der Waals surface area contributed by atoms with Gasteiger partial charge < -0.3 is 24.2 Å². The molecule has 1 aromatic carbocycles. The number of carbonyl (C=O) groups excluding carboxylic acids is 1. The van der Waals surface area contributed by atoms with E-state index in [0.717, 1.165) is 37.3 Å². The molecule has 0 spiro atoms. The fraction of sp³-hybridized carbons (Fsp3) is 0.591. The van der Waals surface area contributed by atoms with Crippen molar-refractivity contribution in [2.24, 2.45) is 0 Å². The second-order valence-corrected chi connectivity index (χ2v) is 7.31. The van der Waals surface area contributed by atoms with E-state index in [-0.39, 0.29) is 18.2 Å². The Morgan fingerprint density at radius 1 is 1.24 bits per heavy atom. The monoisotopic (exact) mass is 406 g/mol. The molecule has 1 fully saturated rings. The Kier molecular flexibility index (Phi) is 9.60. The van der Waals surface area contributed by atoms with Crippen LogP contribution in [0.3, 0.4) is 0 Å². The number of aliphatic hydroxyl groups is 1. The smallest absolute Gasteiger partial charge is 0.323 e. The summed E-state index contributed by atoms with van der Waals surface area (Å²) >= 11 is 0. The molecular weight excluding hydrogens is 372 g/mol. The highest BCUT2D eigenvalue weighted by atomic mass is 16.5. The van der Waals surface area contributed by atoms with E-state index in [4.69, 9.17) is 19.3 Å². The molecule has 0 aromatic heterocycles. The summed E-state index contributed by atoms with van der Waals surface area (Å²) in [5.74, 6) is 0. The van der Waals surface area contributed by atoms with Crippen LogP contribution in [-0.4, -0.2) is 75.8 Å². The molecule has 1 aliphatic heterocycles. The minimum atomic E-state index is -0.231. The van der Waals surface area contributed by atoms with E-state index in [1.54, 1.807) is 31.0 Å². The third kappa shape index (κ3) is 7.12. The molecule has 0 saturated carbocycles. The summed E-state index contributed by atoms with van der Waals surface area (Å²) in [5, 5.41) is 8.90. The van der Waals surface area contributed by atoms with Gasteiger partial charge in [0.15, 0.2) is 0 Å². The lowest BCUT2D eigenvalue weighted by Gasteiger charge is -2.33. The van der Waals surface area contributed by atoms with Gasteiger partial charge in [-0.15, -0.1) is 0 Å². The largest absolute Gasteiger partial charge is 0.396 e. The molecule has 1 saturated heterocycles. The Morgan fingerprint density at radius 3 is 2.55 bits per heavy atom. The highest BCUT2D eigenvalue weighted by Gasteiger charge is 2.29. The number of anilines is 1. The highest BCUT2D eigenvalue weighted by Crippen LogP contribution is 2.25. The molecule has 1 heterocycles. The molecule has 7 heteroatoms. The van der Waals surface area contributed by atoms with Crippen LogP contribution in [-0.2, 0) is 20.8 Å². The van der Waals surface area contributed by atoms with Gasteiger partial charge in [-0.2, -0.15) is 0 Å². The molecule has 1 aromatic rings. The summed E-state index contributed by atoms with van der Waals surface area (Å²) in [6.07, 6.45) is 6.40. The second-order valence-electron chi connectivity index (χ2n) is 7.31. The standard InChI is InChI=1S/C22H34N2O5/c1-23(13-5-14-25)21(26)24(2)20-8-6-19(7-9-20)18-29-15-4-10-22(27-3)11-16-28-17-12-22/h4,6-10,25H,5,11-18H2,1-3H3. The second kappa shape index (κ2) is 11.9. The predicted molar refractivity (Wildman–Crippen MR) is 113 cm³/mol. The normalized spacial score (nSPS) is 16.1. The van der Waals surface area contributed by atoms with Crippen molar-refractivity contribution in [2.45, 2.75) is 31.5 Å². The number of nitrogens with zero attached hydrogens (tertiary/aromatic N) is 2. The SMILES string of the molecule is COC1(C=CCOCc2ccc(N(C)C(=O)N(C)CCCO)cc2)CCOCC1. The fourth-order valence-electron chi connectivity index (χ4n) is 3.25. The summed E-state index contributed by atoms with van der Waals surface area (Å²) in [4.78, 5) is 15.6. The quantitative estimate of drug-likeness (QED) is 0.478. The number of aliphatic hydroxyl groups excluding tert-OH is 1. The third-order valence-electron chi connectivity index (χ3n) is 5.24.